The van der Waals surface area contributed by atoms with Crippen LogP contribution in [0.5, 0.6) is 0 Å². The van der Waals surface area contributed by atoms with Gasteiger partial charge in [0.25, 0.3) is 10.0 Å². The quantitative estimate of drug-likeness (QED) is 0.609. The van der Waals surface area contributed by atoms with Crippen LogP contribution in [-0.4, -0.2) is 14.4 Å². The summed E-state index contributed by atoms with van der Waals surface area (Å²) < 4.78 is 27.4. The van der Waals surface area contributed by atoms with E-state index >= 15 is 0 Å². The van der Waals surface area contributed by atoms with Crippen LogP contribution in [0.25, 0.3) is 0 Å². The second kappa shape index (κ2) is 6.96. The summed E-state index contributed by atoms with van der Waals surface area (Å²) in [6, 6.07) is 20.0. The van der Waals surface area contributed by atoms with E-state index in [9.17, 15) is 13.2 Å². The summed E-state index contributed by atoms with van der Waals surface area (Å²) in [4.78, 5) is 15.0. The third-order valence-electron chi connectivity index (χ3n) is 4.67. The average molecular weight is 413 g/mol. The maximum Gasteiger partial charge on any atom is 0.343 e. The molecule has 142 valence electrons. The fourth-order valence-corrected chi connectivity index (χ4v) is 5.04. The predicted molar refractivity (Wildman–Crippen MR) is 110 cm³/mol. The molecule has 5 nitrogen and oxygen atoms in total. The first-order valence-corrected chi connectivity index (χ1v) is 10.5. The van der Waals surface area contributed by atoms with Crippen molar-refractivity contribution in [1.82, 2.24) is 0 Å². The van der Waals surface area contributed by atoms with Gasteiger partial charge in [0.15, 0.2) is 0 Å². The fourth-order valence-electron chi connectivity index (χ4n) is 3.26. The van der Waals surface area contributed by atoms with Gasteiger partial charge < -0.3 is 0 Å². The van der Waals surface area contributed by atoms with E-state index in [0.29, 0.717) is 22.0 Å². The lowest BCUT2D eigenvalue weighted by molar-refractivity contribution is 0.253. The van der Waals surface area contributed by atoms with Crippen LogP contribution in [0.4, 0.5) is 16.2 Å². The second-order valence-electron chi connectivity index (χ2n) is 6.52. The number of benzene rings is 3. The smallest absolute Gasteiger partial charge is 0.287 e. The molecule has 0 atom stereocenters. The van der Waals surface area contributed by atoms with E-state index in [0.717, 1.165) is 9.87 Å². The Morgan fingerprint density at radius 3 is 2.14 bits per heavy atom. The van der Waals surface area contributed by atoms with Gasteiger partial charge in [0, 0.05) is 5.02 Å². The number of nitrogens with zero attached hydrogens (tertiary/aromatic N) is 2. The van der Waals surface area contributed by atoms with E-state index in [1.165, 1.54) is 11.0 Å². The van der Waals surface area contributed by atoms with E-state index in [1.807, 2.05) is 12.1 Å². The Labute approximate surface area is 168 Å². The summed E-state index contributed by atoms with van der Waals surface area (Å²) in [5, 5.41) is 0.596. The van der Waals surface area contributed by atoms with Crippen LogP contribution in [-0.2, 0) is 16.6 Å². The highest BCUT2D eigenvalue weighted by atomic mass is 35.5. The van der Waals surface area contributed by atoms with Gasteiger partial charge in [0.2, 0.25) is 0 Å². The Kier molecular flexibility index (Phi) is 4.61. The van der Waals surface area contributed by atoms with Crippen molar-refractivity contribution in [2.45, 2.75) is 18.4 Å². The maximum absolute atomic E-state index is 13.4. The molecule has 0 saturated carbocycles. The van der Waals surface area contributed by atoms with Gasteiger partial charge >= 0.3 is 6.03 Å². The van der Waals surface area contributed by atoms with Crippen molar-refractivity contribution in [2.24, 2.45) is 0 Å². The highest BCUT2D eigenvalue weighted by molar-refractivity contribution is 7.94. The molecule has 0 unspecified atom stereocenters. The van der Waals surface area contributed by atoms with Crippen molar-refractivity contribution < 1.29 is 13.2 Å². The van der Waals surface area contributed by atoms with Crippen LogP contribution in [0.3, 0.4) is 0 Å². The number of rotatable bonds is 3. The van der Waals surface area contributed by atoms with Crippen LogP contribution in [0.1, 0.15) is 11.1 Å². The SMILES string of the molecule is Cc1ccccc1N1C(=O)N(Cc2ccc(Cl)cc2)c2ccccc2S1(=O)=O. The first-order chi connectivity index (χ1) is 13.4. The molecule has 1 aliphatic heterocycles. The van der Waals surface area contributed by atoms with Crippen molar-refractivity contribution in [3.63, 3.8) is 0 Å². The van der Waals surface area contributed by atoms with Crippen molar-refractivity contribution in [3.05, 3.63) is 88.9 Å². The summed E-state index contributed by atoms with van der Waals surface area (Å²) in [6.45, 7) is 2.01. The van der Waals surface area contributed by atoms with Gasteiger partial charge in [-0.2, -0.15) is 4.31 Å². The molecule has 0 radical (unpaired) electrons. The standard InChI is InChI=1S/C21H17ClN2O3S/c1-15-6-2-3-7-18(15)24-21(25)23(14-16-10-12-17(22)13-11-16)19-8-4-5-9-20(19)28(24,26)27/h2-13H,14H2,1H3. The van der Waals surface area contributed by atoms with Crippen LogP contribution in [0.15, 0.2) is 77.7 Å². The van der Waals surface area contributed by atoms with Crippen molar-refractivity contribution >= 4 is 39.0 Å². The van der Waals surface area contributed by atoms with Crippen LogP contribution in [0.2, 0.25) is 5.02 Å². The molecule has 3 aromatic carbocycles. The molecule has 0 aliphatic carbocycles. The lowest BCUT2D eigenvalue weighted by atomic mass is 10.2. The van der Waals surface area contributed by atoms with Gasteiger partial charge in [-0.25, -0.2) is 13.2 Å². The van der Waals surface area contributed by atoms with Crippen molar-refractivity contribution in [3.8, 4) is 0 Å². The first-order valence-electron chi connectivity index (χ1n) is 8.65. The minimum Gasteiger partial charge on any atom is -0.287 e. The molecule has 0 fully saturated rings. The van der Waals surface area contributed by atoms with E-state index in [4.69, 9.17) is 11.6 Å². The monoisotopic (exact) mass is 412 g/mol. The Balaban J connectivity index is 1.88. The summed E-state index contributed by atoms with van der Waals surface area (Å²) in [6.07, 6.45) is 0. The summed E-state index contributed by atoms with van der Waals surface area (Å²) in [5.41, 5.74) is 2.26. The number of amides is 2. The Bertz CT molecular complexity index is 1160. The van der Waals surface area contributed by atoms with E-state index in [-0.39, 0.29) is 11.4 Å². The first kappa shape index (κ1) is 18.5. The number of para-hydroxylation sites is 2. The van der Waals surface area contributed by atoms with Crippen molar-refractivity contribution in [1.29, 1.82) is 0 Å². The van der Waals surface area contributed by atoms with Gasteiger partial charge in [0.1, 0.15) is 4.90 Å². The molecule has 0 aromatic heterocycles. The van der Waals surface area contributed by atoms with Crippen LogP contribution >= 0.6 is 11.6 Å². The zero-order valence-corrected chi connectivity index (χ0v) is 16.6. The van der Waals surface area contributed by atoms with Crippen LogP contribution in [0, 0.1) is 6.92 Å². The van der Waals surface area contributed by atoms with Crippen molar-refractivity contribution in [2.75, 3.05) is 9.21 Å². The molecule has 7 heteroatoms. The molecule has 0 saturated heterocycles. The fraction of sp³-hybridized carbons (Fsp3) is 0.0952. The minimum absolute atomic E-state index is 0.104. The van der Waals surface area contributed by atoms with Gasteiger partial charge in [-0.3, -0.25) is 4.90 Å². The number of fused-ring (bicyclic) bond motifs is 1. The Morgan fingerprint density at radius 2 is 1.46 bits per heavy atom. The largest absolute Gasteiger partial charge is 0.343 e. The number of halogens is 1. The molecule has 1 heterocycles. The van der Waals surface area contributed by atoms with Gasteiger partial charge in [0.05, 0.1) is 17.9 Å². The summed E-state index contributed by atoms with van der Waals surface area (Å²) in [5.74, 6) is 0. The van der Waals surface area contributed by atoms with E-state index in [1.54, 1.807) is 61.5 Å². The number of anilines is 2. The number of sulfonamides is 1. The molecule has 2 amide bonds. The van der Waals surface area contributed by atoms with Crippen LogP contribution < -0.4 is 9.21 Å². The Hall–Kier alpha value is -2.83. The lowest BCUT2D eigenvalue weighted by Gasteiger charge is -2.36. The molecular weight excluding hydrogens is 396 g/mol. The number of urea groups is 1. The van der Waals surface area contributed by atoms with Gasteiger partial charge in [-0.1, -0.05) is 54.1 Å². The molecule has 0 bridgehead atoms. The number of carbonyl (C=O) groups excluding carboxylic acids is 1. The lowest BCUT2D eigenvalue weighted by Crippen LogP contribution is -2.51. The number of hydrogen-bond acceptors (Lipinski definition) is 3. The average Bonchev–Trinajstić information content (AvgIpc) is 2.68. The molecular formula is C21H17ClN2O3S. The third-order valence-corrected chi connectivity index (χ3v) is 6.65. The number of aryl methyl sites for hydroxylation is 1. The second-order valence-corrected chi connectivity index (χ2v) is 8.71. The zero-order valence-electron chi connectivity index (χ0n) is 15.0. The molecule has 0 spiro atoms. The maximum atomic E-state index is 13.4. The number of hydrogen-bond donors (Lipinski definition) is 0. The highest BCUT2D eigenvalue weighted by Crippen LogP contribution is 2.38. The van der Waals surface area contributed by atoms with Gasteiger partial charge in [-0.15, -0.1) is 0 Å². The van der Waals surface area contributed by atoms with Gasteiger partial charge in [-0.05, 0) is 48.4 Å². The molecule has 0 N–H and O–H groups in total. The minimum atomic E-state index is -4.02. The van der Waals surface area contributed by atoms with E-state index in [2.05, 4.69) is 0 Å². The Morgan fingerprint density at radius 1 is 0.857 bits per heavy atom. The topological polar surface area (TPSA) is 57.7 Å². The van der Waals surface area contributed by atoms with E-state index < -0.39 is 16.1 Å². The number of carbonyl (C=O) groups is 1. The third kappa shape index (κ3) is 3.04. The molecule has 28 heavy (non-hydrogen) atoms. The molecule has 3 aromatic rings. The highest BCUT2D eigenvalue weighted by Gasteiger charge is 2.42. The predicted octanol–water partition coefficient (Wildman–Crippen LogP) is 4.98. The normalized spacial score (nSPS) is 15.4. The zero-order chi connectivity index (χ0) is 19.9. The molecule has 1 aliphatic rings. The summed E-state index contributed by atoms with van der Waals surface area (Å²) in [7, 11) is -4.02. The summed E-state index contributed by atoms with van der Waals surface area (Å²) >= 11 is 5.95. The molecule has 4 rings (SSSR count).